The number of nitrogens with one attached hydrogen (secondary N) is 1. The second kappa shape index (κ2) is 6.35. The highest BCUT2D eigenvalue weighted by Gasteiger charge is 2.22. The zero-order valence-electron chi connectivity index (χ0n) is 12.4. The van der Waals surface area contributed by atoms with E-state index >= 15 is 0 Å². The van der Waals surface area contributed by atoms with Crippen LogP contribution in [0.4, 0.5) is 11.6 Å². The molecule has 0 atom stereocenters. The quantitative estimate of drug-likeness (QED) is 0.918. The minimum atomic E-state index is 0.368. The molecule has 1 fully saturated rings. The Hall–Kier alpha value is -2.75. The van der Waals surface area contributed by atoms with Crippen molar-refractivity contribution in [3.8, 4) is 6.07 Å². The van der Waals surface area contributed by atoms with Gasteiger partial charge in [0, 0.05) is 30.9 Å². The van der Waals surface area contributed by atoms with Crippen LogP contribution >= 0.6 is 0 Å². The van der Waals surface area contributed by atoms with Gasteiger partial charge in [0.2, 0.25) is 0 Å². The molecule has 112 valence electrons. The third kappa shape index (κ3) is 3.11. The number of aromatic nitrogens is 4. The smallest absolute Gasteiger partial charge is 0.169 e. The van der Waals surface area contributed by atoms with Crippen LogP contribution in [-0.4, -0.2) is 39.3 Å². The molecule has 2 aromatic heterocycles. The largest absolute Gasteiger partial charge is 0.367 e. The van der Waals surface area contributed by atoms with Crippen molar-refractivity contribution >= 4 is 11.6 Å². The van der Waals surface area contributed by atoms with Crippen LogP contribution in [0.2, 0.25) is 0 Å². The first-order valence-corrected chi connectivity index (χ1v) is 7.28. The third-order valence-corrected chi connectivity index (χ3v) is 3.77. The van der Waals surface area contributed by atoms with Crippen molar-refractivity contribution < 1.29 is 0 Å². The molecule has 1 N–H and O–H groups in total. The van der Waals surface area contributed by atoms with Gasteiger partial charge in [0.1, 0.15) is 18.2 Å². The SMILES string of the molecule is Cc1cc(NC2CCN(c3nnccc3C#N)CC2)ncn1. The summed E-state index contributed by atoms with van der Waals surface area (Å²) < 4.78 is 0. The summed E-state index contributed by atoms with van der Waals surface area (Å²) in [5, 5.41) is 20.6. The lowest BCUT2D eigenvalue weighted by Gasteiger charge is -2.33. The molecular weight excluding hydrogens is 278 g/mol. The van der Waals surface area contributed by atoms with Gasteiger partial charge in [-0.25, -0.2) is 9.97 Å². The van der Waals surface area contributed by atoms with Gasteiger partial charge < -0.3 is 10.2 Å². The number of anilines is 2. The van der Waals surface area contributed by atoms with E-state index < -0.39 is 0 Å². The van der Waals surface area contributed by atoms with Crippen molar-refractivity contribution in [2.75, 3.05) is 23.3 Å². The zero-order chi connectivity index (χ0) is 15.4. The summed E-state index contributed by atoms with van der Waals surface area (Å²) >= 11 is 0. The van der Waals surface area contributed by atoms with Crippen molar-refractivity contribution in [3.05, 3.63) is 35.9 Å². The van der Waals surface area contributed by atoms with Crippen LogP contribution in [-0.2, 0) is 0 Å². The zero-order valence-corrected chi connectivity index (χ0v) is 12.4. The second-order valence-corrected chi connectivity index (χ2v) is 5.33. The average Bonchev–Trinajstić information content (AvgIpc) is 2.56. The van der Waals surface area contributed by atoms with Gasteiger partial charge in [-0.1, -0.05) is 0 Å². The van der Waals surface area contributed by atoms with E-state index in [1.807, 2.05) is 13.0 Å². The summed E-state index contributed by atoms with van der Waals surface area (Å²) in [5.74, 6) is 1.55. The summed E-state index contributed by atoms with van der Waals surface area (Å²) in [6.07, 6.45) is 5.05. The molecule has 1 aliphatic heterocycles. The maximum Gasteiger partial charge on any atom is 0.169 e. The fourth-order valence-corrected chi connectivity index (χ4v) is 2.62. The fourth-order valence-electron chi connectivity index (χ4n) is 2.62. The summed E-state index contributed by atoms with van der Waals surface area (Å²) in [5.41, 5.74) is 1.53. The topological polar surface area (TPSA) is 90.6 Å². The van der Waals surface area contributed by atoms with Gasteiger partial charge in [-0.3, -0.25) is 0 Å². The molecule has 0 spiro atoms. The number of aryl methyl sites for hydroxylation is 1. The van der Waals surface area contributed by atoms with E-state index in [4.69, 9.17) is 5.26 Å². The van der Waals surface area contributed by atoms with Crippen molar-refractivity contribution in [1.29, 1.82) is 5.26 Å². The standard InChI is InChI=1S/C15H17N7/c1-11-8-14(18-10-17-11)20-13-3-6-22(7-4-13)15-12(9-16)2-5-19-21-15/h2,5,8,10,13H,3-4,6-7H2,1H3,(H,17,18,20). The highest BCUT2D eigenvalue weighted by molar-refractivity contribution is 5.53. The number of hydrogen-bond donors (Lipinski definition) is 1. The Morgan fingerprint density at radius 3 is 2.86 bits per heavy atom. The Morgan fingerprint density at radius 1 is 1.32 bits per heavy atom. The van der Waals surface area contributed by atoms with Crippen LogP contribution in [0.3, 0.4) is 0 Å². The van der Waals surface area contributed by atoms with Gasteiger partial charge in [-0.15, -0.1) is 5.10 Å². The first-order chi connectivity index (χ1) is 10.8. The molecule has 0 aromatic carbocycles. The Kier molecular flexibility index (Phi) is 4.10. The molecule has 1 aliphatic rings. The van der Waals surface area contributed by atoms with Crippen molar-refractivity contribution in [3.63, 3.8) is 0 Å². The van der Waals surface area contributed by atoms with E-state index in [1.54, 1.807) is 18.6 Å². The summed E-state index contributed by atoms with van der Waals surface area (Å²) in [7, 11) is 0. The van der Waals surface area contributed by atoms with Gasteiger partial charge in [0.25, 0.3) is 0 Å². The average molecular weight is 295 g/mol. The van der Waals surface area contributed by atoms with E-state index in [9.17, 15) is 0 Å². The highest BCUT2D eigenvalue weighted by atomic mass is 15.3. The number of nitrogens with zero attached hydrogens (tertiary/aromatic N) is 6. The van der Waals surface area contributed by atoms with E-state index in [-0.39, 0.29) is 0 Å². The van der Waals surface area contributed by atoms with Crippen LogP contribution in [0.15, 0.2) is 24.7 Å². The minimum absolute atomic E-state index is 0.368. The molecule has 3 heterocycles. The van der Waals surface area contributed by atoms with Crippen molar-refractivity contribution in [2.24, 2.45) is 0 Å². The second-order valence-electron chi connectivity index (χ2n) is 5.33. The number of piperidine rings is 1. The molecule has 0 amide bonds. The fraction of sp³-hybridized carbons (Fsp3) is 0.400. The monoisotopic (exact) mass is 295 g/mol. The van der Waals surface area contributed by atoms with Crippen LogP contribution in [0.25, 0.3) is 0 Å². The van der Waals surface area contributed by atoms with Gasteiger partial charge in [0.15, 0.2) is 5.82 Å². The van der Waals surface area contributed by atoms with Crippen LogP contribution in [0, 0.1) is 18.3 Å². The molecule has 0 bridgehead atoms. The molecule has 1 saturated heterocycles. The third-order valence-electron chi connectivity index (χ3n) is 3.77. The molecule has 0 saturated carbocycles. The molecule has 0 unspecified atom stereocenters. The molecular formula is C15H17N7. The first-order valence-electron chi connectivity index (χ1n) is 7.28. The molecule has 0 aliphatic carbocycles. The molecule has 22 heavy (non-hydrogen) atoms. The minimum Gasteiger partial charge on any atom is -0.367 e. The van der Waals surface area contributed by atoms with Gasteiger partial charge in [0.05, 0.1) is 11.8 Å². The van der Waals surface area contributed by atoms with E-state index in [0.717, 1.165) is 37.4 Å². The van der Waals surface area contributed by atoms with E-state index in [1.165, 1.54) is 0 Å². The lowest BCUT2D eigenvalue weighted by Crippen LogP contribution is -2.40. The Balaban J connectivity index is 1.62. The Labute approximate surface area is 129 Å². The van der Waals surface area contributed by atoms with Crippen LogP contribution in [0.5, 0.6) is 0 Å². The van der Waals surface area contributed by atoms with E-state index in [0.29, 0.717) is 17.4 Å². The summed E-state index contributed by atoms with van der Waals surface area (Å²) in [4.78, 5) is 10.5. The van der Waals surface area contributed by atoms with E-state index in [2.05, 4.69) is 36.5 Å². The Bertz CT molecular complexity index is 686. The number of hydrogen-bond acceptors (Lipinski definition) is 7. The van der Waals surface area contributed by atoms with Gasteiger partial charge in [-0.2, -0.15) is 10.4 Å². The first kappa shape index (κ1) is 14.2. The Morgan fingerprint density at radius 2 is 2.14 bits per heavy atom. The predicted molar refractivity (Wildman–Crippen MR) is 82.4 cm³/mol. The van der Waals surface area contributed by atoms with Gasteiger partial charge in [-0.05, 0) is 25.8 Å². The van der Waals surface area contributed by atoms with Crippen molar-refractivity contribution in [2.45, 2.75) is 25.8 Å². The normalized spacial score (nSPS) is 15.4. The maximum absolute atomic E-state index is 9.15. The maximum atomic E-state index is 9.15. The van der Waals surface area contributed by atoms with Crippen LogP contribution in [0.1, 0.15) is 24.1 Å². The molecule has 2 aromatic rings. The predicted octanol–water partition coefficient (Wildman–Crippen LogP) is 1.53. The summed E-state index contributed by atoms with van der Waals surface area (Å²) in [6.45, 7) is 3.64. The highest BCUT2D eigenvalue weighted by Crippen LogP contribution is 2.22. The van der Waals surface area contributed by atoms with Crippen LogP contribution < -0.4 is 10.2 Å². The van der Waals surface area contributed by atoms with Gasteiger partial charge >= 0.3 is 0 Å². The lowest BCUT2D eigenvalue weighted by molar-refractivity contribution is 0.520. The lowest BCUT2D eigenvalue weighted by atomic mass is 10.0. The number of nitriles is 1. The molecule has 7 heteroatoms. The summed E-state index contributed by atoms with van der Waals surface area (Å²) in [6, 6.07) is 6.19. The molecule has 0 radical (unpaired) electrons. The molecule has 7 nitrogen and oxygen atoms in total. The van der Waals surface area contributed by atoms with Crippen molar-refractivity contribution in [1.82, 2.24) is 20.2 Å². The molecule has 3 rings (SSSR count). The number of rotatable bonds is 3.